The number of hydrogen-bond acceptors (Lipinski definition) is 4. The van der Waals surface area contributed by atoms with Gasteiger partial charge in [0.1, 0.15) is 0 Å². The molecule has 8 aliphatic rings. The maximum Gasteiger partial charge on any atom is 0.0200 e. The van der Waals surface area contributed by atoms with Crippen LogP contribution >= 0.6 is 23.5 Å². The summed E-state index contributed by atoms with van der Waals surface area (Å²) in [5, 5.41) is 0. The molecular formula is C36H60N2S2. The Balaban J connectivity index is 1.08. The van der Waals surface area contributed by atoms with Crippen molar-refractivity contribution in [1.29, 1.82) is 0 Å². The molecule has 0 aromatic rings. The number of rotatable bonds is 6. The van der Waals surface area contributed by atoms with E-state index in [1.54, 1.807) is 51.4 Å². The molecule has 8 rings (SSSR count). The smallest absolute Gasteiger partial charge is 0.0200 e. The first-order valence-corrected chi connectivity index (χ1v) is 20.9. The van der Waals surface area contributed by atoms with E-state index < -0.39 is 0 Å². The standard InChI is InChI=1S/C36H60N2S2/c1-3-7-27(8-4-1)37(29-19-21-39-23-29)33-17-13-25-12-16-32-34(18-14-26-11-15-31(33)35(25)36(26)32)38(30-20-22-40-24-30)28-9-5-2-6-10-28/h25-36H,1-24H2. The van der Waals surface area contributed by atoms with Crippen LogP contribution in [0.2, 0.25) is 0 Å². The van der Waals surface area contributed by atoms with E-state index in [-0.39, 0.29) is 0 Å². The van der Waals surface area contributed by atoms with Crippen molar-refractivity contribution in [3.05, 3.63) is 0 Å². The molecule has 8 fully saturated rings. The molecule has 2 nitrogen and oxygen atoms in total. The average Bonchev–Trinajstić information content (AvgIpc) is 3.74. The van der Waals surface area contributed by atoms with Crippen LogP contribution in [-0.2, 0) is 0 Å². The summed E-state index contributed by atoms with van der Waals surface area (Å²) in [5.74, 6) is 12.2. The second-order valence-electron chi connectivity index (χ2n) is 16.0. The summed E-state index contributed by atoms with van der Waals surface area (Å²) in [7, 11) is 0. The normalized spacial score (nSPS) is 46.6. The Morgan fingerprint density at radius 1 is 0.375 bits per heavy atom. The van der Waals surface area contributed by atoms with Crippen LogP contribution in [-0.4, -0.2) is 69.1 Å². The van der Waals surface area contributed by atoms with E-state index >= 15 is 0 Å². The second kappa shape index (κ2) is 12.5. The van der Waals surface area contributed by atoms with Gasteiger partial charge in [-0.2, -0.15) is 23.5 Å². The van der Waals surface area contributed by atoms with Gasteiger partial charge < -0.3 is 0 Å². The SMILES string of the molecule is C1CCC(N(C2CCSC2)C2CCC3CCC4C5C(CCC2C35)CCC4N(C2CCCCC2)C2CCSC2)CC1. The van der Waals surface area contributed by atoms with Crippen molar-refractivity contribution in [2.75, 3.05) is 23.0 Å². The molecule has 10 unspecified atom stereocenters. The van der Waals surface area contributed by atoms with Crippen molar-refractivity contribution in [3.8, 4) is 0 Å². The molecule has 0 radical (unpaired) electrons. The van der Waals surface area contributed by atoms with Crippen molar-refractivity contribution >= 4 is 23.5 Å². The van der Waals surface area contributed by atoms with Crippen molar-refractivity contribution in [3.63, 3.8) is 0 Å². The van der Waals surface area contributed by atoms with Gasteiger partial charge in [-0.15, -0.1) is 0 Å². The second-order valence-corrected chi connectivity index (χ2v) is 18.3. The van der Waals surface area contributed by atoms with Crippen molar-refractivity contribution in [2.45, 2.75) is 165 Å². The quantitative estimate of drug-likeness (QED) is 0.307. The highest BCUT2D eigenvalue weighted by molar-refractivity contribution is 7.99. The Morgan fingerprint density at radius 3 is 1.20 bits per heavy atom. The number of thioether (sulfide) groups is 2. The Kier molecular flexibility index (Phi) is 8.82. The maximum atomic E-state index is 3.30. The van der Waals surface area contributed by atoms with Crippen molar-refractivity contribution < 1.29 is 0 Å². The minimum Gasteiger partial charge on any atom is -0.293 e. The molecule has 0 spiro atoms. The summed E-state index contributed by atoms with van der Waals surface area (Å²) >= 11 is 4.56. The molecule has 0 bridgehead atoms. The molecule has 0 N–H and O–H groups in total. The minimum absolute atomic E-state index is 0.910. The van der Waals surface area contributed by atoms with Gasteiger partial charge >= 0.3 is 0 Å². The fourth-order valence-electron chi connectivity index (χ4n) is 12.9. The van der Waals surface area contributed by atoms with E-state index in [2.05, 4.69) is 33.3 Å². The fraction of sp³-hybridized carbons (Fsp3) is 1.00. The van der Waals surface area contributed by atoms with E-state index in [1.165, 1.54) is 100 Å². The Morgan fingerprint density at radius 2 is 0.800 bits per heavy atom. The molecule has 2 aliphatic heterocycles. The van der Waals surface area contributed by atoms with Crippen LogP contribution in [0.15, 0.2) is 0 Å². The predicted molar refractivity (Wildman–Crippen MR) is 174 cm³/mol. The lowest BCUT2D eigenvalue weighted by molar-refractivity contribution is -0.144. The zero-order chi connectivity index (χ0) is 26.5. The predicted octanol–water partition coefficient (Wildman–Crippen LogP) is 8.88. The topological polar surface area (TPSA) is 6.48 Å². The van der Waals surface area contributed by atoms with Crippen LogP contribution in [0, 0.1) is 35.5 Å². The lowest BCUT2D eigenvalue weighted by Gasteiger charge is -2.64. The summed E-state index contributed by atoms with van der Waals surface area (Å²) < 4.78 is 0. The first-order chi connectivity index (χ1) is 19.9. The molecule has 0 amide bonds. The van der Waals surface area contributed by atoms with Gasteiger partial charge in [0.05, 0.1) is 0 Å². The summed E-state index contributed by atoms with van der Waals surface area (Å²) in [5.41, 5.74) is 0. The zero-order valence-electron chi connectivity index (χ0n) is 25.6. The van der Waals surface area contributed by atoms with Crippen LogP contribution in [0.3, 0.4) is 0 Å². The fourth-order valence-corrected chi connectivity index (χ4v) is 15.4. The van der Waals surface area contributed by atoms with Crippen LogP contribution in [0.4, 0.5) is 0 Å². The molecule has 0 aromatic carbocycles. The Bertz CT molecular complexity index is 759. The van der Waals surface area contributed by atoms with Crippen molar-refractivity contribution in [2.24, 2.45) is 35.5 Å². The number of hydrogen-bond donors (Lipinski definition) is 0. The maximum absolute atomic E-state index is 3.30. The third-order valence-electron chi connectivity index (χ3n) is 14.3. The van der Waals surface area contributed by atoms with Crippen LogP contribution in [0.5, 0.6) is 0 Å². The highest BCUT2D eigenvalue weighted by atomic mass is 32.2. The lowest BCUT2D eigenvalue weighted by atomic mass is 9.46. The monoisotopic (exact) mass is 584 g/mol. The first kappa shape index (κ1) is 28.1. The molecule has 2 saturated heterocycles. The molecule has 6 saturated carbocycles. The van der Waals surface area contributed by atoms with Crippen LogP contribution < -0.4 is 0 Å². The summed E-state index contributed by atoms with van der Waals surface area (Å²) in [4.78, 5) is 6.60. The minimum atomic E-state index is 0.910. The van der Waals surface area contributed by atoms with Crippen molar-refractivity contribution in [1.82, 2.24) is 9.80 Å². The van der Waals surface area contributed by atoms with Gasteiger partial charge in [0.2, 0.25) is 0 Å². The third-order valence-corrected chi connectivity index (χ3v) is 16.6. The van der Waals surface area contributed by atoms with Gasteiger partial charge in [-0.3, -0.25) is 9.80 Å². The van der Waals surface area contributed by atoms with E-state index in [4.69, 9.17) is 0 Å². The van der Waals surface area contributed by atoms with E-state index in [0.29, 0.717) is 0 Å². The average molecular weight is 585 g/mol. The largest absolute Gasteiger partial charge is 0.293 e. The van der Waals surface area contributed by atoms with Gasteiger partial charge in [0.15, 0.2) is 0 Å². The number of nitrogens with zero attached hydrogens (tertiary/aromatic N) is 2. The Labute approximate surface area is 255 Å². The molecule has 226 valence electrons. The first-order valence-electron chi connectivity index (χ1n) is 18.6. The lowest BCUT2D eigenvalue weighted by Crippen LogP contribution is -2.64. The van der Waals surface area contributed by atoms with Gasteiger partial charge in [-0.1, -0.05) is 38.5 Å². The van der Waals surface area contributed by atoms with Gasteiger partial charge in [0.25, 0.3) is 0 Å². The highest BCUT2D eigenvalue weighted by Gasteiger charge is 2.58. The van der Waals surface area contributed by atoms with E-state index in [1.807, 2.05) is 0 Å². The third kappa shape index (κ3) is 5.19. The Hall–Kier alpha value is 0.620. The molecule has 6 aliphatic carbocycles. The summed E-state index contributed by atoms with van der Waals surface area (Å²) in [6, 6.07) is 5.55. The highest BCUT2D eigenvalue weighted by Crippen LogP contribution is 2.62. The van der Waals surface area contributed by atoms with Gasteiger partial charge in [-0.25, -0.2) is 0 Å². The van der Waals surface area contributed by atoms with Crippen LogP contribution in [0.25, 0.3) is 0 Å². The summed E-state index contributed by atoms with van der Waals surface area (Å²) in [6.45, 7) is 0. The van der Waals surface area contributed by atoms with Gasteiger partial charge in [0, 0.05) is 47.8 Å². The molecule has 0 aromatic heterocycles. The molecular weight excluding hydrogens is 525 g/mol. The van der Waals surface area contributed by atoms with E-state index in [9.17, 15) is 0 Å². The van der Waals surface area contributed by atoms with Gasteiger partial charge in [-0.05, 0) is 137 Å². The van der Waals surface area contributed by atoms with E-state index in [0.717, 1.165) is 71.8 Å². The summed E-state index contributed by atoms with van der Waals surface area (Å²) in [6.07, 6.45) is 30.8. The molecule has 4 heteroatoms. The zero-order valence-corrected chi connectivity index (χ0v) is 27.2. The molecule has 2 heterocycles. The molecule has 10 atom stereocenters. The van der Waals surface area contributed by atoms with Crippen LogP contribution in [0.1, 0.15) is 128 Å². The molecule has 40 heavy (non-hydrogen) atoms.